The quantitative estimate of drug-likeness (QED) is 0.453. The lowest BCUT2D eigenvalue weighted by atomic mass is 9.84. The lowest BCUT2D eigenvalue weighted by Gasteiger charge is -2.19. The van der Waals surface area contributed by atoms with Crippen LogP contribution in [-0.4, -0.2) is 32.8 Å². The molecule has 2 amide bonds. The van der Waals surface area contributed by atoms with Crippen LogP contribution in [0.1, 0.15) is 49.4 Å². The van der Waals surface area contributed by atoms with Crippen molar-refractivity contribution in [1.82, 2.24) is 14.5 Å². The third-order valence-electron chi connectivity index (χ3n) is 7.25. The van der Waals surface area contributed by atoms with Crippen LogP contribution in [0.15, 0.2) is 64.7 Å². The van der Waals surface area contributed by atoms with Crippen molar-refractivity contribution in [2.45, 2.75) is 39.7 Å². The van der Waals surface area contributed by atoms with Crippen molar-refractivity contribution in [1.29, 1.82) is 0 Å². The summed E-state index contributed by atoms with van der Waals surface area (Å²) in [5, 5.41) is 5.35. The number of imide groups is 1. The summed E-state index contributed by atoms with van der Waals surface area (Å²) in [7, 11) is 0. The molecule has 2 aliphatic heterocycles. The highest BCUT2D eigenvalue weighted by atomic mass is 16.2. The Balaban J connectivity index is 1.71. The number of aromatic nitrogens is 2. The molecule has 0 aliphatic carbocycles. The first-order valence-electron chi connectivity index (χ1n) is 11.8. The highest BCUT2D eigenvalue weighted by molar-refractivity contribution is 6.11. The third kappa shape index (κ3) is 3.00. The summed E-state index contributed by atoms with van der Waals surface area (Å²) in [5.41, 5.74) is 5.95. The van der Waals surface area contributed by atoms with Gasteiger partial charge in [-0.1, -0.05) is 24.3 Å². The number of carbonyl (C=O) groups excluding carboxylic acids is 2. The largest absolute Gasteiger partial charge is 0.356 e. The van der Waals surface area contributed by atoms with E-state index >= 15 is 0 Å². The second-order valence-electron chi connectivity index (χ2n) is 9.74. The first kappa shape index (κ1) is 21.4. The number of amides is 2. The van der Waals surface area contributed by atoms with E-state index in [9.17, 15) is 14.4 Å². The maximum Gasteiger partial charge on any atom is 0.259 e. The van der Waals surface area contributed by atoms with Gasteiger partial charge in [0.2, 0.25) is 5.91 Å². The first-order valence-corrected chi connectivity index (χ1v) is 11.8. The molecule has 4 aromatic rings. The molecule has 0 fully saturated rings. The monoisotopic (exact) mass is 466 g/mol. The number of benzene rings is 2. The van der Waals surface area contributed by atoms with E-state index in [-0.39, 0.29) is 30.0 Å². The zero-order valence-electron chi connectivity index (χ0n) is 20.1. The Hall–Kier alpha value is -4.13. The van der Waals surface area contributed by atoms with Crippen LogP contribution >= 0.6 is 0 Å². The number of fused-ring (bicyclic) bond motifs is 1. The van der Waals surface area contributed by atoms with Crippen LogP contribution in [-0.2, 0) is 9.59 Å². The van der Waals surface area contributed by atoms with Gasteiger partial charge in [0.25, 0.3) is 11.5 Å². The van der Waals surface area contributed by atoms with Crippen LogP contribution in [0.2, 0.25) is 0 Å². The average Bonchev–Trinajstić information content (AvgIpc) is 3.31. The maximum atomic E-state index is 13.6. The Morgan fingerprint density at radius 3 is 2.60 bits per heavy atom. The summed E-state index contributed by atoms with van der Waals surface area (Å²) in [6.07, 6.45) is 2.06. The lowest BCUT2D eigenvalue weighted by molar-refractivity contribution is -0.139. The van der Waals surface area contributed by atoms with E-state index in [0.29, 0.717) is 16.8 Å². The Bertz CT molecular complexity index is 1670. The molecule has 1 atom stereocenters. The predicted octanol–water partition coefficient (Wildman–Crippen LogP) is 4.57. The second kappa shape index (κ2) is 7.43. The molecule has 35 heavy (non-hydrogen) atoms. The van der Waals surface area contributed by atoms with Crippen LogP contribution < -0.4 is 10.9 Å². The zero-order chi connectivity index (χ0) is 24.6. The zero-order valence-corrected chi connectivity index (χ0v) is 20.1. The van der Waals surface area contributed by atoms with Crippen molar-refractivity contribution < 1.29 is 9.59 Å². The molecule has 0 spiro atoms. The molecule has 176 valence electrons. The second-order valence-corrected chi connectivity index (χ2v) is 9.74. The number of H-pyrrole nitrogens is 1. The molecule has 2 aromatic heterocycles. The van der Waals surface area contributed by atoms with Crippen LogP contribution in [0.4, 0.5) is 5.69 Å². The summed E-state index contributed by atoms with van der Waals surface area (Å²) < 4.78 is 2.18. The summed E-state index contributed by atoms with van der Waals surface area (Å²) in [4.78, 5) is 43.9. The molecule has 6 rings (SSSR count). The molecule has 0 saturated carbocycles. The van der Waals surface area contributed by atoms with Gasteiger partial charge in [-0.2, -0.15) is 0 Å². The topological polar surface area (TPSA) is 87.2 Å². The van der Waals surface area contributed by atoms with E-state index in [1.165, 1.54) is 11.8 Å². The van der Waals surface area contributed by atoms with Crippen LogP contribution in [0.25, 0.3) is 21.8 Å². The number of nitrogens with one attached hydrogen (secondary N) is 2. The molecular weight excluding hydrogens is 440 g/mol. The fourth-order valence-electron chi connectivity index (χ4n) is 5.60. The number of hydrogen-bond acceptors (Lipinski definition) is 4. The minimum Gasteiger partial charge on any atom is -0.356 e. The normalized spacial score (nSPS) is 17.3. The van der Waals surface area contributed by atoms with Gasteiger partial charge in [-0.15, -0.1) is 0 Å². The number of nitrogens with zero attached hydrogens (tertiary/aromatic N) is 2. The Labute approximate surface area is 202 Å². The van der Waals surface area contributed by atoms with Crippen LogP contribution in [0, 0.1) is 6.92 Å². The Kier molecular flexibility index (Phi) is 4.55. The van der Waals surface area contributed by atoms with Crippen molar-refractivity contribution in [2.75, 3.05) is 11.9 Å². The third-order valence-corrected chi connectivity index (χ3v) is 7.25. The van der Waals surface area contributed by atoms with E-state index in [1.807, 2.05) is 43.3 Å². The number of hydrogen-bond donors (Lipinski definition) is 2. The van der Waals surface area contributed by atoms with E-state index in [0.717, 1.165) is 38.6 Å². The van der Waals surface area contributed by atoms with Gasteiger partial charge in [0, 0.05) is 47.4 Å². The fraction of sp³-hybridized carbons (Fsp3) is 0.250. The minimum atomic E-state index is -0.617. The SMILES string of the molecule is CC(=O)N1CC2=C(C1=O)[C@@H](c1cc3cccc(C)c3[nH]c1=O)c1cn(C(C)C)c3cccc(c13)N2. The number of aromatic amines is 1. The lowest BCUT2D eigenvalue weighted by Crippen LogP contribution is -2.33. The summed E-state index contributed by atoms with van der Waals surface area (Å²) in [6.45, 7) is 7.74. The molecule has 2 aliphatic rings. The van der Waals surface area contributed by atoms with Crippen molar-refractivity contribution >= 4 is 39.3 Å². The van der Waals surface area contributed by atoms with E-state index < -0.39 is 5.92 Å². The van der Waals surface area contributed by atoms with Gasteiger partial charge < -0.3 is 14.9 Å². The number of aryl methyl sites for hydroxylation is 1. The summed E-state index contributed by atoms with van der Waals surface area (Å²) >= 11 is 0. The van der Waals surface area contributed by atoms with E-state index in [1.54, 1.807) is 0 Å². The first-order chi connectivity index (χ1) is 16.8. The van der Waals surface area contributed by atoms with Crippen molar-refractivity contribution in [2.24, 2.45) is 0 Å². The Morgan fingerprint density at radius 2 is 1.86 bits per heavy atom. The number of anilines is 1. The summed E-state index contributed by atoms with van der Waals surface area (Å²) in [6, 6.07) is 14.0. The van der Waals surface area contributed by atoms with Crippen LogP contribution in [0.3, 0.4) is 0 Å². The molecule has 0 saturated heterocycles. The highest BCUT2D eigenvalue weighted by Gasteiger charge is 2.42. The van der Waals surface area contributed by atoms with Crippen molar-refractivity contribution in [3.05, 3.63) is 87.0 Å². The maximum absolute atomic E-state index is 13.6. The van der Waals surface area contributed by atoms with Gasteiger partial charge in [-0.3, -0.25) is 19.3 Å². The molecule has 0 bridgehead atoms. The standard InChI is InChI=1S/C28H26N4O3/c1-14(2)31-12-19-23(18-11-17-8-5-7-15(3)26(17)30-27(18)34)25-21(13-32(16(4)33)28(25)35)29-20-9-6-10-22(31)24(19)20/h5-12,14,23,29H,13H2,1-4H3,(H,30,34)/t23-/m0/s1. The van der Waals surface area contributed by atoms with E-state index in [4.69, 9.17) is 0 Å². The van der Waals surface area contributed by atoms with Crippen molar-refractivity contribution in [3.8, 4) is 0 Å². The molecular formula is C28H26N4O3. The van der Waals surface area contributed by atoms with Crippen molar-refractivity contribution in [3.63, 3.8) is 0 Å². The van der Waals surface area contributed by atoms with Gasteiger partial charge in [-0.05, 0) is 55.5 Å². The fourth-order valence-corrected chi connectivity index (χ4v) is 5.60. The molecule has 7 heteroatoms. The molecule has 7 nitrogen and oxygen atoms in total. The van der Waals surface area contributed by atoms with E-state index in [2.05, 4.69) is 41.0 Å². The average molecular weight is 467 g/mol. The summed E-state index contributed by atoms with van der Waals surface area (Å²) in [5.74, 6) is -1.29. The molecule has 0 unspecified atom stereocenters. The Morgan fingerprint density at radius 1 is 1.09 bits per heavy atom. The van der Waals surface area contributed by atoms with Gasteiger partial charge in [-0.25, -0.2) is 0 Å². The molecule has 2 aromatic carbocycles. The predicted molar refractivity (Wildman–Crippen MR) is 137 cm³/mol. The van der Waals surface area contributed by atoms with Gasteiger partial charge in [0.15, 0.2) is 0 Å². The number of rotatable bonds is 2. The number of carbonyl (C=O) groups is 2. The molecule has 0 radical (unpaired) electrons. The highest BCUT2D eigenvalue weighted by Crippen LogP contribution is 2.46. The molecule has 4 heterocycles. The number of para-hydroxylation sites is 1. The van der Waals surface area contributed by atoms with Gasteiger partial charge in [0.05, 0.1) is 23.2 Å². The smallest absolute Gasteiger partial charge is 0.259 e. The van der Waals surface area contributed by atoms with Gasteiger partial charge in [0.1, 0.15) is 0 Å². The van der Waals surface area contributed by atoms with Crippen LogP contribution in [0.5, 0.6) is 0 Å². The number of pyridine rings is 1. The van der Waals surface area contributed by atoms with Gasteiger partial charge >= 0.3 is 0 Å². The molecule has 2 N–H and O–H groups in total. The minimum absolute atomic E-state index is 0.162.